The number of aryl methyl sites for hydroxylation is 1. The van der Waals surface area contributed by atoms with Gasteiger partial charge >= 0.3 is 0 Å². The van der Waals surface area contributed by atoms with Crippen LogP contribution in [0.4, 0.5) is 11.4 Å². The van der Waals surface area contributed by atoms with Gasteiger partial charge in [-0.05, 0) is 42.3 Å². The molecule has 0 atom stereocenters. The largest absolute Gasteiger partial charge is 0.457 e. The molecule has 0 unspecified atom stereocenters. The molecule has 0 spiro atoms. The number of benzene rings is 2. The molecule has 0 aliphatic rings. The monoisotopic (exact) mass is 421 g/mol. The van der Waals surface area contributed by atoms with Crippen LogP contribution >= 0.6 is 11.6 Å². The molecule has 8 heteroatoms. The number of nitriles is 1. The maximum absolute atomic E-state index is 12.4. The Balaban J connectivity index is 1.80. The summed E-state index contributed by atoms with van der Waals surface area (Å²) in [7, 11) is 0. The Labute approximate surface area is 177 Å². The molecule has 3 rings (SSSR count). The fraction of sp³-hybridized carbons (Fsp3) is 0.0909. The SMILES string of the molecule is CCc1ccc(NC(=O)/C(C#N)=C/c2ccc(-c3ccc([N+](=O)[O-])cc3Cl)o2)cc1. The highest BCUT2D eigenvalue weighted by molar-refractivity contribution is 6.33. The highest BCUT2D eigenvalue weighted by Gasteiger charge is 2.15. The summed E-state index contributed by atoms with van der Waals surface area (Å²) >= 11 is 6.12. The van der Waals surface area contributed by atoms with Crippen molar-refractivity contribution in [2.45, 2.75) is 13.3 Å². The number of halogens is 1. The van der Waals surface area contributed by atoms with E-state index in [1.165, 1.54) is 24.3 Å². The minimum absolute atomic E-state index is 0.133. The van der Waals surface area contributed by atoms with Crippen molar-refractivity contribution in [1.82, 2.24) is 0 Å². The Morgan fingerprint density at radius 1 is 1.23 bits per heavy atom. The van der Waals surface area contributed by atoms with Crippen molar-refractivity contribution in [3.05, 3.63) is 86.6 Å². The smallest absolute Gasteiger partial charge is 0.270 e. The first-order valence-corrected chi connectivity index (χ1v) is 9.35. The number of anilines is 1. The van der Waals surface area contributed by atoms with Crippen molar-refractivity contribution in [2.24, 2.45) is 0 Å². The number of nitrogens with zero attached hydrogens (tertiary/aromatic N) is 2. The van der Waals surface area contributed by atoms with Gasteiger partial charge in [0.15, 0.2) is 0 Å². The Kier molecular flexibility index (Phi) is 6.30. The van der Waals surface area contributed by atoms with Gasteiger partial charge < -0.3 is 9.73 Å². The molecule has 0 saturated heterocycles. The van der Waals surface area contributed by atoms with E-state index in [9.17, 15) is 20.2 Å². The van der Waals surface area contributed by atoms with Crippen molar-refractivity contribution in [2.75, 3.05) is 5.32 Å². The van der Waals surface area contributed by atoms with Gasteiger partial charge in [0, 0.05) is 29.5 Å². The van der Waals surface area contributed by atoms with Gasteiger partial charge in [0.1, 0.15) is 23.2 Å². The molecule has 0 saturated carbocycles. The number of carbonyl (C=O) groups excluding carboxylic acids is 1. The molecule has 1 N–H and O–H groups in total. The molecule has 2 aromatic carbocycles. The molecule has 0 aliphatic carbocycles. The molecule has 0 bridgehead atoms. The highest BCUT2D eigenvalue weighted by Crippen LogP contribution is 2.32. The number of non-ortho nitro benzene ring substituents is 1. The van der Waals surface area contributed by atoms with Crippen molar-refractivity contribution in [3.63, 3.8) is 0 Å². The third-order valence-electron chi connectivity index (χ3n) is 4.33. The minimum atomic E-state index is -0.562. The molecule has 1 heterocycles. The van der Waals surface area contributed by atoms with Gasteiger partial charge in [-0.25, -0.2) is 0 Å². The standard InChI is InChI=1S/C22H16ClN3O4/c1-2-14-3-5-16(6-4-14)25-22(27)15(13-24)11-18-8-10-21(30-18)19-9-7-17(26(28)29)12-20(19)23/h3-12H,2H2,1H3,(H,25,27)/b15-11+. The molecule has 150 valence electrons. The second kappa shape index (κ2) is 9.07. The van der Waals surface area contributed by atoms with E-state index in [2.05, 4.69) is 5.32 Å². The lowest BCUT2D eigenvalue weighted by molar-refractivity contribution is -0.384. The van der Waals surface area contributed by atoms with Crippen molar-refractivity contribution in [3.8, 4) is 17.4 Å². The minimum Gasteiger partial charge on any atom is -0.457 e. The van der Waals surface area contributed by atoms with Crippen molar-refractivity contribution in [1.29, 1.82) is 5.26 Å². The maximum atomic E-state index is 12.4. The van der Waals surface area contributed by atoms with Crippen LogP contribution in [-0.2, 0) is 11.2 Å². The van der Waals surface area contributed by atoms with Gasteiger partial charge in [-0.2, -0.15) is 5.26 Å². The van der Waals surface area contributed by atoms with E-state index in [-0.39, 0.29) is 22.0 Å². The lowest BCUT2D eigenvalue weighted by Gasteiger charge is -2.05. The first-order chi connectivity index (χ1) is 14.4. The molecule has 1 amide bonds. The summed E-state index contributed by atoms with van der Waals surface area (Å²) in [4.78, 5) is 22.7. The topological polar surface area (TPSA) is 109 Å². The summed E-state index contributed by atoms with van der Waals surface area (Å²) in [5.41, 5.74) is 1.91. The number of amides is 1. The number of furan rings is 1. The van der Waals surface area contributed by atoms with Gasteiger partial charge in [-0.3, -0.25) is 14.9 Å². The van der Waals surface area contributed by atoms with E-state index in [1.807, 2.05) is 25.1 Å². The van der Waals surface area contributed by atoms with E-state index in [0.717, 1.165) is 12.0 Å². The van der Waals surface area contributed by atoms with Gasteiger partial charge in [-0.1, -0.05) is 30.7 Å². The molecule has 0 aliphatic heterocycles. The molecule has 0 fully saturated rings. The van der Waals surface area contributed by atoms with Gasteiger partial charge in [0.05, 0.1) is 9.95 Å². The number of hydrogen-bond acceptors (Lipinski definition) is 5. The van der Waals surface area contributed by atoms with Crippen LogP contribution in [0.2, 0.25) is 5.02 Å². The summed E-state index contributed by atoms with van der Waals surface area (Å²) in [6.07, 6.45) is 2.20. The molecule has 0 radical (unpaired) electrons. The number of nitrogens with one attached hydrogen (secondary N) is 1. The van der Waals surface area contributed by atoms with E-state index in [0.29, 0.717) is 17.0 Å². The zero-order chi connectivity index (χ0) is 21.7. The van der Waals surface area contributed by atoms with Crippen molar-refractivity contribution < 1.29 is 14.1 Å². The Morgan fingerprint density at radius 2 is 1.97 bits per heavy atom. The first kappa shape index (κ1) is 20.8. The summed E-state index contributed by atoms with van der Waals surface area (Å²) in [6.45, 7) is 2.03. The summed E-state index contributed by atoms with van der Waals surface area (Å²) in [6, 6.07) is 16.4. The number of carbonyl (C=O) groups is 1. The lowest BCUT2D eigenvalue weighted by Crippen LogP contribution is -2.13. The second-order valence-corrected chi connectivity index (χ2v) is 6.70. The molecule has 7 nitrogen and oxygen atoms in total. The van der Waals surface area contributed by atoms with Crippen LogP contribution in [0.3, 0.4) is 0 Å². The Morgan fingerprint density at radius 3 is 2.57 bits per heavy atom. The normalized spacial score (nSPS) is 11.0. The number of nitro benzene ring substituents is 1. The Bertz CT molecular complexity index is 1170. The van der Waals surface area contributed by atoms with Crippen LogP contribution in [0.15, 0.2) is 64.6 Å². The zero-order valence-electron chi connectivity index (χ0n) is 15.9. The average Bonchev–Trinajstić information content (AvgIpc) is 3.20. The third kappa shape index (κ3) is 4.74. The molecular formula is C22H16ClN3O4. The van der Waals surface area contributed by atoms with E-state index in [1.54, 1.807) is 24.3 Å². The third-order valence-corrected chi connectivity index (χ3v) is 4.64. The van der Waals surface area contributed by atoms with Crippen LogP contribution in [0.25, 0.3) is 17.4 Å². The van der Waals surface area contributed by atoms with Crippen LogP contribution in [0.5, 0.6) is 0 Å². The molecule has 3 aromatic rings. The summed E-state index contributed by atoms with van der Waals surface area (Å²) in [5.74, 6) is 0.0644. The van der Waals surface area contributed by atoms with Crippen LogP contribution in [0, 0.1) is 21.4 Å². The number of rotatable bonds is 6. The van der Waals surface area contributed by atoms with Crippen LogP contribution in [0.1, 0.15) is 18.2 Å². The fourth-order valence-electron chi connectivity index (χ4n) is 2.71. The van der Waals surface area contributed by atoms with E-state index in [4.69, 9.17) is 16.0 Å². The average molecular weight is 422 g/mol. The molecule has 30 heavy (non-hydrogen) atoms. The van der Waals surface area contributed by atoms with E-state index >= 15 is 0 Å². The fourth-order valence-corrected chi connectivity index (χ4v) is 2.97. The lowest BCUT2D eigenvalue weighted by atomic mass is 10.1. The van der Waals surface area contributed by atoms with Crippen molar-refractivity contribution >= 4 is 35.0 Å². The zero-order valence-corrected chi connectivity index (χ0v) is 16.6. The molecular weight excluding hydrogens is 406 g/mol. The number of nitro groups is 1. The van der Waals surface area contributed by atoms with Gasteiger partial charge in [0.25, 0.3) is 11.6 Å². The number of hydrogen-bond donors (Lipinski definition) is 1. The predicted molar refractivity (Wildman–Crippen MR) is 114 cm³/mol. The summed E-state index contributed by atoms with van der Waals surface area (Å²) in [5, 5.41) is 23.0. The Hall–Kier alpha value is -3.89. The van der Waals surface area contributed by atoms with Gasteiger partial charge in [-0.15, -0.1) is 0 Å². The quantitative estimate of drug-likeness (QED) is 0.240. The second-order valence-electron chi connectivity index (χ2n) is 6.30. The maximum Gasteiger partial charge on any atom is 0.270 e. The first-order valence-electron chi connectivity index (χ1n) is 8.97. The van der Waals surface area contributed by atoms with E-state index < -0.39 is 10.8 Å². The van der Waals surface area contributed by atoms with Crippen LogP contribution in [-0.4, -0.2) is 10.8 Å². The van der Waals surface area contributed by atoms with Crippen LogP contribution < -0.4 is 5.32 Å². The van der Waals surface area contributed by atoms with Gasteiger partial charge in [0.2, 0.25) is 0 Å². The highest BCUT2D eigenvalue weighted by atomic mass is 35.5. The summed E-state index contributed by atoms with van der Waals surface area (Å²) < 4.78 is 5.65. The predicted octanol–water partition coefficient (Wildman–Crippen LogP) is 5.62. The molecule has 1 aromatic heterocycles.